The summed E-state index contributed by atoms with van der Waals surface area (Å²) in [5.41, 5.74) is -7.23. The summed E-state index contributed by atoms with van der Waals surface area (Å²) in [5.74, 6) is -1.59. The van der Waals surface area contributed by atoms with Crippen LogP contribution in [0.5, 0.6) is 0 Å². The number of carbonyl (C=O) groups excluding carboxylic acids is 1. The van der Waals surface area contributed by atoms with Crippen molar-refractivity contribution < 1.29 is 31.1 Å². The monoisotopic (exact) mass is 401 g/mol. The molecule has 146 valence electrons. The van der Waals surface area contributed by atoms with Gasteiger partial charge in [0, 0.05) is 11.6 Å². The van der Waals surface area contributed by atoms with Crippen molar-refractivity contribution in [3.63, 3.8) is 0 Å². The molecule has 1 aromatic carbocycles. The maximum absolute atomic E-state index is 13.4. The van der Waals surface area contributed by atoms with Crippen LogP contribution >= 0.6 is 0 Å². The third-order valence-electron chi connectivity index (χ3n) is 3.76. The lowest BCUT2D eigenvalue weighted by Crippen LogP contribution is -2.29. The zero-order valence-corrected chi connectivity index (χ0v) is 13.6. The molecule has 2 aromatic heterocycles. The summed E-state index contributed by atoms with van der Waals surface area (Å²) in [5, 5.41) is 1.33. The second kappa shape index (κ2) is 6.66. The number of fused-ring (bicyclic) bond motifs is 1. The van der Waals surface area contributed by atoms with E-state index in [9.17, 15) is 35.9 Å². The highest BCUT2D eigenvalue weighted by molar-refractivity contribution is 6.06. The number of aromatic nitrogens is 2. The van der Waals surface area contributed by atoms with Crippen LogP contribution in [0.3, 0.4) is 0 Å². The number of hydrogen-bond donors (Lipinski definition) is 2. The number of carbonyl (C=O) groups is 1. The van der Waals surface area contributed by atoms with Gasteiger partial charge in [0.1, 0.15) is 17.1 Å². The first-order valence-corrected chi connectivity index (χ1v) is 7.56. The first-order chi connectivity index (χ1) is 13.0. The Morgan fingerprint density at radius 3 is 2.25 bits per heavy atom. The highest BCUT2D eigenvalue weighted by Crippen LogP contribution is 2.36. The Kier molecular flexibility index (Phi) is 4.61. The molecule has 2 N–H and O–H groups in total. The van der Waals surface area contributed by atoms with Crippen molar-refractivity contribution in [1.82, 2.24) is 9.97 Å². The number of H-pyrrole nitrogens is 1. The van der Waals surface area contributed by atoms with E-state index in [4.69, 9.17) is 0 Å². The molecule has 1 amide bonds. The molecule has 28 heavy (non-hydrogen) atoms. The molecule has 0 radical (unpaired) electrons. The van der Waals surface area contributed by atoms with Gasteiger partial charge in [-0.3, -0.25) is 9.59 Å². The molecule has 11 heteroatoms. The Hall–Kier alpha value is -3.37. The lowest BCUT2D eigenvalue weighted by atomic mass is 10.0. The standard InChI is InChI=1S/C17H9F6N3O2/c18-16(19,20)9-5-3-4-8-12(9)26-14(17(21,22)23)11(13(8)27)15(28)25-10-6-1-2-7-24-10/h1-7H,(H,26,27)(H,24,25,28). The molecule has 0 atom stereocenters. The molecular formula is C17H9F6N3O2. The number of benzene rings is 1. The van der Waals surface area contributed by atoms with Crippen molar-refractivity contribution >= 4 is 22.6 Å². The minimum Gasteiger partial charge on any atom is -0.350 e. The average molecular weight is 401 g/mol. The Balaban J connectivity index is 2.29. The van der Waals surface area contributed by atoms with Crippen LogP contribution in [-0.2, 0) is 12.4 Å². The van der Waals surface area contributed by atoms with Crippen LogP contribution in [0.15, 0.2) is 47.4 Å². The molecular weight excluding hydrogens is 392 g/mol. The zero-order chi connectivity index (χ0) is 20.7. The molecule has 3 aromatic rings. The van der Waals surface area contributed by atoms with Crippen LogP contribution in [0.2, 0.25) is 0 Å². The van der Waals surface area contributed by atoms with E-state index >= 15 is 0 Å². The average Bonchev–Trinajstić information content (AvgIpc) is 2.60. The number of amides is 1. The molecule has 0 unspecified atom stereocenters. The third-order valence-corrected chi connectivity index (χ3v) is 3.76. The Morgan fingerprint density at radius 1 is 0.964 bits per heavy atom. The van der Waals surface area contributed by atoms with E-state index in [1.807, 2.05) is 5.32 Å². The normalized spacial score (nSPS) is 12.2. The van der Waals surface area contributed by atoms with Crippen molar-refractivity contribution in [2.75, 3.05) is 5.32 Å². The molecule has 0 aliphatic rings. The van der Waals surface area contributed by atoms with Gasteiger partial charge in [-0.1, -0.05) is 12.1 Å². The highest BCUT2D eigenvalue weighted by Gasteiger charge is 2.40. The van der Waals surface area contributed by atoms with Crippen molar-refractivity contribution in [3.8, 4) is 0 Å². The number of aromatic amines is 1. The van der Waals surface area contributed by atoms with E-state index in [0.717, 1.165) is 12.1 Å². The SMILES string of the molecule is O=C(Nc1ccccn1)c1c(C(F)(F)F)[nH]c2c(C(F)(F)F)cccc2c1=O. The molecule has 0 aliphatic heterocycles. The quantitative estimate of drug-likeness (QED) is 0.632. The second-order valence-electron chi connectivity index (χ2n) is 5.60. The van der Waals surface area contributed by atoms with E-state index < -0.39 is 51.4 Å². The number of rotatable bonds is 2. The molecule has 3 rings (SSSR count). The number of pyridine rings is 2. The largest absolute Gasteiger partial charge is 0.432 e. The lowest BCUT2D eigenvalue weighted by Gasteiger charge is -2.16. The van der Waals surface area contributed by atoms with E-state index in [1.54, 1.807) is 4.98 Å². The Morgan fingerprint density at radius 2 is 1.68 bits per heavy atom. The number of nitrogens with zero attached hydrogens (tertiary/aromatic N) is 1. The van der Waals surface area contributed by atoms with Gasteiger partial charge in [-0.2, -0.15) is 26.3 Å². The van der Waals surface area contributed by atoms with Gasteiger partial charge in [0.25, 0.3) is 5.91 Å². The fraction of sp³-hybridized carbons (Fsp3) is 0.118. The lowest BCUT2D eigenvalue weighted by molar-refractivity contribution is -0.142. The summed E-state index contributed by atoms with van der Waals surface area (Å²) in [7, 11) is 0. The molecule has 0 bridgehead atoms. The van der Waals surface area contributed by atoms with E-state index in [-0.39, 0.29) is 5.82 Å². The third kappa shape index (κ3) is 3.55. The summed E-state index contributed by atoms with van der Waals surface area (Å²) in [4.78, 5) is 30.2. The highest BCUT2D eigenvalue weighted by atomic mass is 19.4. The van der Waals surface area contributed by atoms with Gasteiger partial charge in [-0.15, -0.1) is 0 Å². The molecule has 0 aliphatic carbocycles. The first kappa shape index (κ1) is 19.4. The molecule has 0 spiro atoms. The number of hydrogen-bond acceptors (Lipinski definition) is 3. The van der Waals surface area contributed by atoms with E-state index in [1.165, 1.54) is 24.4 Å². The number of para-hydroxylation sites is 1. The zero-order valence-electron chi connectivity index (χ0n) is 13.6. The Bertz CT molecular complexity index is 1100. The van der Waals surface area contributed by atoms with Gasteiger partial charge in [0.2, 0.25) is 5.43 Å². The molecule has 0 saturated heterocycles. The van der Waals surface area contributed by atoms with Crippen molar-refractivity contribution in [2.45, 2.75) is 12.4 Å². The van der Waals surface area contributed by atoms with Crippen LogP contribution in [0.4, 0.5) is 32.2 Å². The smallest absolute Gasteiger partial charge is 0.350 e. The fourth-order valence-corrected chi connectivity index (χ4v) is 2.59. The van der Waals surface area contributed by atoms with Gasteiger partial charge < -0.3 is 10.3 Å². The van der Waals surface area contributed by atoms with Crippen molar-refractivity contribution in [2.24, 2.45) is 0 Å². The van der Waals surface area contributed by atoms with Crippen LogP contribution in [-0.4, -0.2) is 15.9 Å². The number of alkyl halides is 6. The first-order valence-electron chi connectivity index (χ1n) is 7.56. The van der Waals surface area contributed by atoms with Crippen LogP contribution < -0.4 is 10.7 Å². The van der Waals surface area contributed by atoms with Crippen LogP contribution in [0, 0.1) is 0 Å². The molecule has 0 saturated carbocycles. The summed E-state index contributed by atoms with van der Waals surface area (Å²) in [6.07, 6.45) is -9.05. The van der Waals surface area contributed by atoms with Gasteiger partial charge >= 0.3 is 12.4 Å². The molecule has 0 fully saturated rings. The van der Waals surface area contributed by atoms with Gasteiger partial charge in [-0.25, -0.2) is 4.98 Å². The maximum atomic E-state index is 13.4. The number of anilines is 1. The van der Waals surface area contributed by atoms with Gasteiger partial charge in [0.15, 0.2) is 0 Å². The minimum atomic E-state index is -5.29. The predicted molar refractivity (Wildman–Crippen MR) is 86.8 cm³/mol. The van der Waals surface area contributed by atoms with Crippen molar-refractivity contribution in [1.29, 1.82) is 0 Å². The Labute approximate surface area is 152 Å². The van der Waals surface area contributed by atoms with Gasteiger partial charge in [-0.05, 0) is 24.3 Å². The summed E-state index contributed by atoms with van der Waals surface area (Å²) in [6.45, 7) is 0. The maximum Gasteiger partial charge on any atom is 0.432 e. The number of halogens is 6. The second-order valence-corrected chi connectivity index (χ2v) is 5.60. The topological polar surface area (TPSA) is 74.8 Å². The predicted octanol–water partition coefficient (Wildman–Crippen LogP) is 4.21. The van der Waals surface area contributed by atoms with E-state index in [2.05, 4.69) is 4.98 Å². The summed E-state index contributed by atoms with van der Waals surface area (Å²) in [6, 6.07) is 6.50. The van der Waals surface area contributed by atoms with Crippen molar-refractivity contribution in [3.05, 3.63) is 69.6 Å². The number of nitrogens with one attached hydrogen (secondary N) is 2. The fourth-order valence-electron chi connectivity index (χ4n) is 2.59. The summed E-state index contributed by atoms with van der Waals surface area (Å²) >= 11 is 0. The summed E-state index contributed by atoms with van der Waals surface area (Å²) < 4.78 is 79.7. The molecule has 2 heterocycles. The van der Waals surface area contributed by atoms with Gasteiger partial charge in [0.05, 0.1) is 11.1 Å². The van der Waals surface area contributed by atoms with Crippen LogP contribution in [0.25, 0.3) is 10.9 Å². The van der Waals surface area contributed by atoms with E-state index in [0.29, 0.717) is 6.07 Å². The molecule has 5 nitrogen and oxygen atoms in total. The minimum absolute atomic E-state index is 0.135. The van der Waals surface area contributed by atoms with Crippen LogP contribution in [0.1, 0.15) is 21.6 Å².